The lowest BCUT2D eigenvalue weighted by Crippen LogP contribution is -2.31. The van der Waals surface area contributed by atoms with Gasteiger partial charge in [0.25, 0.3) is 5.91 Å². The maximum absolute atomic E-state index is 11.7. The quantitative estimate of drug-likeness (QED) is 0.625. The van der Waals surface area contributed by atoms with Crippen LogP contribution in [0.4, 0.5) is 0 Å². The highest BCUT2D eigenvalue weighted by molar-refractivity contribution is 6.32. The standard InChI is InChI=1S/C17H16ClNO4/c18-14-8-4-5-9-15(14)22-10-11-23-16(20)12-19-17(21)13-6-2-1-3-7-13/h1-9H,10-12H2,(H,19,21). The summed E-state index contributed by atoms with van der Waals surface area (Å²) in [6.45, 7) is 0.0627. The van der Waals surface area contributed by atoms with Crippen molar-refractivity contribution in [3.8, 4) is 5.75 Å². The van der Waals surface area contributed by atoms with Crippen molar-refractivity contribution in [1.29, 1.82) is 0 Å². The van der Waals surface area contributed by atoms with E-state index in [4.69, 9.17) is 21.1 Å². The molecule has 0 aliphatic rings. The zero-order valence-corrected chi connectivity index (χ0v) is 13.1. The predicted octanol–water partition coefficient (Wildman–Crippen LogP) is 2.69. The van der Waals surface area contributed by atoms with Gasteiger partial charge in [0.2, 0.25) is 0 Å². The third kappa shape index (κ3) is 5.64. The highest BCUT2D eigenvalue weighted by atomic mass is 35.5. The summed E-state index contributed by atoms with van der Waals surface area (Å²) < 4.78 is 10.4. The Morgan fingerprint density at radius 1 is 0.957 bits per heavy atom. The van der Waals surface area contributed by atoms with Gasteiger partial charge in [0.1, 0.15) is 25.5 Å². The summed E-state index contributed by atoms with van der Waals surface area (Å²) in [4.78, 5) is 23.3. The van der Waals surface area contributed by atoms with Gasteiger partial charge in [-0.1, -0.05) is 41.9 Å². The zero-order chi connectivity index (χ0) is 16.5. The van der Waals surface area contributed by atoms with Crippen LogP contribution >= 0.6 is 11.6 Å². The SMILES string of the molecule is O=C(CNC(=O)c1ccccc1)OCCOc1ccccc1Cl. The van der Waals surface area contributed by atoms with Crippen LogP contribution in [0.5, 0.6) is 5.75 Å². The molecule has 6 heteroatoms. The number of hydrogen-bond acceptors (Lipinski definition) is 4. The Morgan fingerprint density at radius 3 is 2.39 bits per heavy atom. The normalized spacial score (nSPS) is 9.96. The first kappa shape index (κ1) is 16.8. The summed E-state index contributed by atoms with van der Waals surface area (Å²) in [6.07, 6.45) is 0. The molecule has 0 saturated carbocycles. The Kier molecular flexibility index (Phi) is 6.44. The molecule has 5 nitrogen and oxygen atoms in total. The predicted molar refractivity (Wildman–Crippen MR) is 86.7 cm³/mol. The summed E-state index contributed by atoms with van der Waals surface area (Å²) in [5.41, 5.74) is 0.488. The number of benzene rings is 2. The van der Waals surface area contributed by atoms with Crippen molar-refractivity contribution in [3.05, 3.63) is 65.2 Å². The van der Waals surface area contributed by atoms with Crippen molar-refractivity contribution in [1.82, 2.24) is 5.32 Å². The first-order chi connectivity index (χ1) is 11.2. The summed E-state index contributed by atoms with van der Waals surface area (Å²) >= 11 is 5.93. The second-order valence-corrected chi connectivity index (χ2v) is 4.96. The molecule has 120 valence electrons. The van der Waals surface area contributed by atoms with Gasteiger partial charge in [-0.05, 0) is 24.3 Å². The van der Waals surface area contributed by atoms with Gasteiger partial charge in [0, 0.05) is 5.56 Å². The van der Waals surface area contributed by atoms with Crippen molar-refractivity contribution in [2.24, 2.45) is 0 Å². The Labute approximate surface area is 139 Å². The molecule has 1 amide bonds. The number of hydrogen-bond donors (Lipinski definition) is 1. The average molecular weight is 334 g/mol. The third-order valence-corrected chi connectivity index (χ3v) is 3.18. The Balaban J connectivity index is 1.64. The minimum Gasteiger partial charge on any atom is -0.488 e. The number of halogens is 1. The molecule has 0 unspecified atom stereocenters. The molecular weight excluding hydrogens is 318 g/mol. The zero-order valence-electron chi connectivity index (χ0n) is 12.3. The number of carbonyl (C=O) groups excluding carboxylic acids is 2. The minimum absolute atomic E-state index is 0.0747. The van der Waals surface area contributed by atoms with Crippen LogP contribution in [0.3, 0.4) is 0 Å². The highest BCUT2D eigenvalue weighted by Crippen LogP contribution is 2.22. The number of esters is 1. The minimum atomic E-state index is -0.531. The summed E-state index contributed by atoms with van der Waals surface area (Å²) in [6, 6.07) is 15.7. The van der Waals surface area contributed by atoms with E-state index in [1.165, 1.54) is 0 Å². The molecule has 0 aliphatic carbocycles. The summed E-state index contributed by atoms with van der Waals surface area (Å²) in [7, 11) is 0. The van der Waals surface area contributed by atoms with E-state index in [9.17, 15) is 9.59 Å². The van der Waals surface area contributed by atoms with Gasteiger partial charge in [-0.15, -0.1) is 0 Å². The number of rotatable bonds is 7. The Morgan fingerprint density at radius 2 is 1.65 bits per heavy atom. The van der Waals surface area contributed by atoms with Crippen LogP contribution in [0.2, 0.25) is 5.02 Å². The van der Waals surface area contributed by atoms with Crippen molar-refractivity contribution in [3.63, 3.8) is 0 Å². The van der Waals surface area contributed by atoms with Crippen LogP contribution in [-0.2, 0) is 9.53 Å². The fourth-order valence-electron chi connectivity index (χ4n) is 1.76. The summed E-state index contributed by atoms with van der Waals surface area (Å²) in [5, 5.41) is 2.99. The molecule has 0 heterocycles. The van der Waals surface area contributed by atoms with Crippen molar-refractivity contribution in [2.75, 3.05) is 19.8 Å². The van der Waals surface area contributed by atoms with Crippen LogP contribution in [0.25, 0.3) is 0 Å². The second kappa shape index (κ2) is 8.80. The monoisotopic (exact) mass is 333 g/mol. The number of para-hydroxylation sites is 1. The molecule has 2 rings (SSSR count). The van der Waals surface area contributed by atoms with E-state index >= 15 is 0 Å². The van der Waals surface area contributed by atoms with E-state index in [1.807, 2.05) is 6.07 Å². The number of amides is 1. The summed E-state index contributed by atoms with van der Waals surface area (Å²) in [5.74, 6) is -0.325. The van der Waals surface area contributed by atoms with Crippen LogP contribution < -0.4 is 10.1 Å². The van der Waals surface area contributed by atoms with Gasteiger partial charge < -0.3 is 14.8 Å². The van der Waals surface area contributed by atoms with Gasteiger partial charge >= 0.3 is 5.97 Å². The molecule has 23 heavy (non-hydrogen) atoms. The number of ether oxygens (including phenoxy) is 2. The topological polar surface area (TPSA) is 64.6 Å². The number of carbonyl (C=O) groups is 2. The first-order valence-corrected chi connectivity index (χ1v) is 7.41. The van der Waals surface area contributed by atoms with E-state index in [0.29, 0.717) is 16.3 Å². The van der Waals surface area contributed by atoms with Crippen LogP contribution in [-0.4, -0.2) is 31.6 Å². The largest absolute Gasteiger partial charge is 0.488 e. The second-order valence-electron chi connectivity index (χ2n) is 4.55. The van der Waals surface area contributed by atoms with Crippen molar-refractivity contribution >= 4 is 23.5 Å². The lowest BCUT2D eigenvalue weighted by Gasteiger charge is -2.09. The van der Waals surface area contributed by atoms with Crippen LogP contribution in [0, 0.1) is 0 Å². The molecule has 0 aromatic heterocycles. The maximum atomic E-state index is 11.7. The van der Waals surface area contributed by atoms with Crippen LogP contribution in [0.15, 0.2) is 54.6 Å². The van der Waals surface area contributed by atoms with E-state index in [-0.39, 0.29) is 25.7 Å². The lowest BCUT2D eigenvalue weighted by atomic mass is 10.2. The molecule has 0 radical (unpaired) electrons. The molecule has 0 atom stereocenters. The Bertz CT molecular complexity index is 661. The van der Waals surface area contributed by atoms with Crippen molar-refractivity contribution < 1.29 is 19.1 Å². The van der Waals surface area contributed by atoms with Gasteiger partial charge in [-0.2, -0.15) is 0 Å². The fourth-order valence-corrected chi connectivity index (χ4v) is 1.95. The van der Waals surface area contributed by atoms with Crippen LogP contribution in [0.1, 0.15) is 10.4 Å². The van der Waals surface area contributed by atoms with E-state index in [1.54, 1.807) is 48.5 Å². The Hall–Kier alpha value is -2.53. The molecule has 2 aromatic rings. The van der Waals surface area contributed by atoms with Gasteiger partial charge in [0.15, 0.2) is 0 Å². The maximum Gasteiger partial charge on any atom is 0.325 e. The average Bonchev–Trinajstić information content (AvgIpc) is 2.59. The lowest BCUT2D eigenvalue weighted by molar-refractivity contribution is -0.143. The van der Waals surface area contributed by atoms with Gasteiger partial charge in [-0.25, -0.2) is 0 Å². The fraction of sp³-hybridized carbons (Fsp3) is 0.176. The molecule has 2 aromatic carbocycles. The van der Waals surface area contributed by atoms with E-state index in [0.717, 1.165) is 0 Å². The number of nitrogens with one attached hydrogen (secondary N) is 1. The van der Waals surface area contributed by atoms with Gasteiger partial charge in [0.05, 0.1) is 5.02 Å². The molecule has 0 bridgehead atoms. The van der Waals surface area contributed by atoms with Gasteiger partial charge in [-0.3, -0.25) is 9.59 Å². The first-order valence-electron chi connectivity index (χ1n) is 7.03. The third-order valence-electron chi connectivity index (χ3n) is 2.87. The van der Waals surface area contributed by atoms with E-state index in [2.05, 4.69) is 5.32 Å². The molecule has 0 spiro atoms. The smallest absolute Gasteiger partial charge is 0.325 e. The highest BCUT2D eigenvalue weighted by Gasteiger charge is 2.08. The van der Waals surface area contributed by atoms with E-state index < -0.39 is 5.97 Å². The molecule has 0 saturated heterocycles. The molecule has 1 N–H and O–H groups in total. The molecule has 0 aliphatic heterocycles. The molecule has 0 fully saturated rings. The van der Waals surface area contributed by atoms with Crippen molar-refractivity contribution in [2.45, 2.75) is 0 Å². The molecular formula is C17H16ClNO4.